The lowest BCUT2D eigenvalue weighted by atomic mass is 10.1. The second kappa shape index (κ2) is 5.46. The van der Waals surface area contributed by atoms with Gasteiger partial charge in [-0.1, -0.05) is 6.07 Å². The summed E-state index contributed by atoms with van der Waals surface area (Å²) in [4.78, 5) is 12.2. The van der Waals surface area contributed by atoms with E-state index in [9.17, 15) is 4.79 Å². The molecule has 4 nitrogen and oxygen atoms in total. The first-order chi connectivity index (χ1) is 9.72. The first-order valence-electron chi connectivity index (χ1n) is 6.47. The van der Waals surface area contributed by atoms with Crippen molar-refractivity contribution < 1.29 is 4.79 Å². The molecule has 0 aliphatic heterocycles. The average Bonchev–Trinajstić information content (AvgIpc) is 3.07. The van der Waals surface area contributed by atoms with Crippen molar-refractivity contribution in [1.29, 1.82) is 0 Å². The van der Waals surface area contributed by atoms with Crippen molar-refractivity contribution >= 4 is 28.1 Å². The molecule has 0 radical (unpaired) electrons. The zero-order chi connectivity index (χ0) is 13.9. The number of benzene rings is 1. The van der Waals surface area contributed by atoms with E-state index in [1.807, 2.05) is 25.1 Å². The molecular weight excluding hydrogens is 270 g/mol. The SMILES string of the molecule is CC(Cc1ccsc1)NC(=O)c1ccc2cn[nH]c2c1. The maximum absolute atomic E-state index is 12.2. The third kappa shape index (κ3) is 2.72. The van der Waals surface area contributed by atoms with Crippen molar-refractivity contribution in [2.45, 2.75) is 19.4 Å². The summed E-state index contributed by atoms with van der Waals surface area (Å²) in [5.41, 5.74) is 2.79. The van der Waals surface area contributed by atoms with E-state index < -0.39 is 0 Å². The number of rotatable bonds is 4. The van der Waals surface area contributed by atoms with Gasteiger partial charge in [0.15, 0.2) is 0 Å². The molecule has 0 aliphatic carbocycles. The van der Waals surface area contributed by atoms with Crippen LogP contribution in [0.3, 0.4) is 0 Å². The van der Waals surface area contributed by atoms with Gasteiger partial charge in [0.2, 0.25) is 0 Å². The number of aromatic nitrogens is 2. The van der Waals surface area contributed by atoms with E-state index in [2.05, 4.69) is 32.3 Å². The van der Waals surface area contributed by atoms with Crippen LogP contribution >= 0.6 is 11.3 Å². The summed E-state index contributed by atoms with van der Waals surface area (Å²) in [6.45, 7) is 2.02. The second-order valence-corrected chi connectivity index (χ2v) is 5.66. The monoisotopic (exact) mass is 285 g/mol. The molecule has 2 aromatic heterocycles. The van der Waals surface area contributed by atoms with Crippen molar-refractivity contribution in [3.8, 4) is 0 Å². The molecule has 1 aromatic carbocycles. The lowest BCUT2D eigenvalue weighted by Crippen LogP contribution is -2.33. The van der Waals surface area contributed by atoms with E-state index in [-0.39, 0.29) is 11.9 Å². The number of amides is 1. The Morgan fingerprint density at radius 2 is 2.35 bits per heavy atom. The van der Waals surface area contributed by atoms with E-state index in [4.69, 9.17) is 0 Å². The largest absolute Gasteiger partial charge is 0.349 e. The molecule has 0 spiro atoms. The molecule has 0 saturated carbocycles. The highest BCUT2D eigenvalue weighted by molar-refractivity contribution is 7.07. The minimum Gasteiger partial charge on any atom is -0.349 e. The van der Waals surface area contributed by atoms with Crippen molar-refractivity contribution in [2.75, 3.05) is 0 Å². The molecule has 102 valence electrons. The summed E-state index contributed by atoms with van der Waals surface area (Å²) >= 11 is 1.68. The number of aromatic amines is 1. The standard InChI is InChI=1S/C15H15N3OS/c1-10(6-11-4-5-20-9-11)17-15(19)12-2-3-13-8-16-18-14(13)7-12/h2-5,7-10H,6H2,1H3,(H,16,18)(H,17,19). The van der Waals surface area contributed by atoms with Gasteiger partial charge in [0.05, 0.1) is 11.7 Å². The zero-order valence-electron chi connectivity index (χ0n) is 11.1. The fraction of sp³-hybridized carbons (Fsp3) is 0.200. The first-order valence-corrected chi connectivity index (χ1v) is 7.42. The van der Waals surface area contributed by atoms with Crippen LogP contribution in [-0.4, -0.2) is 22.1 Å². The molecule has 5 heteroatoms. The Labute approximate surface area is 120 Å². The van der Waals surface area contributed by atoms with Gasteiger partial charge in [0.1, 0.15) is 0 Å². The minimum absolute atomic E-state index is 0.0516. The Bertz CT molecular complexity index is 718. The van der Waals surface area contributed by atoms with Gasteiger partial charge in [0.25, 0.3) is 5.91 Å². The van der Waals surface area contributed by atoms with Crippen LogP contribution in [0.5, 0.6) is 0 Å². The number of H-pyrrole nitrogens is 1. The molecule has 1 unspecified atom stereocenters. The molecule has 0 saturated heterocycles. The number of carbonyl (C=O) groups excluding carboxylic acids is 1. The molecule has 0 aliphatic rings. The lowest BCUT2D eigenvalue weighted by Gasteiger charge is -2.13. The molecule has 20 heavy (non-hydrogen) atoms. The Kier molecular flexibility index (Phi) is 3.52. The summed E-state index contributed by atoms with van der Waals surface area (Å²) in [5.74, 6) is -0.0516. The molecule has 2 heterocycles. The zero-order valence-corrected chi connectivity index (χ0v) is 11.9. The molecule has 1 amide bonds. The normalized spacial score (nSPS) is 12.4. The molecule has 3 rings (SSSR count). The molecule has 0 fully saturated rings. The lowest BCUT2D eigenvalue weighted by molar-refractivity contribution is 0.0940. The molecular formula is C15H15N3OS. The van der Waals surface area contributed by atoms with Gasteiger partial charge >= 0.3 is 0 Å². The van der Waals surface area contributed by atoms with Gasteiger partial charge in [-0.05, 0) is 47.9 Å². The Morgan fingerprint density at radius 3 is 3.15 bits per heavy atom. The second-order valence-electron chi connectivity index (χ2n) is 4.88. The summed E-state index contributed by atoms with van der Waals surface area (Å²) in [6.07, 6.45) is 2.59. The number of fused-ring (bicyclic) bond motifs is 1. The van der Waals surface area contributed by atoms with Crippen LogP contribution in [0.15, 0.2) is 41.2 Å². The van der Waals surface area contributed by atoms with Gasteiger partial charge < -0.3 is 5.32 Å². The molecule has 1 atom stereocenters. The molecule has 2 N–H and O–H groups in total. The first kappa shape index (κ1) is 12.9. The van der Waals surface area contributed by atoms with Gasteiger partial charge in [-0.2, -0.15) is 16.4 Å². The van der Waals surface area contributed by atoms with E-state index in [0.717, 1.165) is 17.3 Å². The number of thiophene rings is 1. The highest BCUT2D eigenvalue weighted by Gasteiger charge is 2.11. The predicted octanol–water partition coefficient (Wildman–Crippen LogP) is 2.99. The summed E-state index contributed by atoms with van der Waals surface area (Å²) in [7, 11) is 0. The number of carbonyl (C=O) groups is 1. The van der Waals surface area contributed by atoms with E-state index >= 15 is 0 Å². The van der Waals surface area contributed by atoms with E-state index in [0.29, 0.717) is 5.56 Å². The van der Waals surface area contributed by atoms with E-state index in [1.54, 1.807) is 17.5 Å². The quantitative estimate of drug-likeness (QED) is 0.774. The van der Waals surface area contributed by atoms with Crippen LogP contribution in [0, 0.1) is 0 Å². The van der Waals surface area contributed by atoms with E-state index in [1.165, 1.54) is 5.56 Å². The Balaban J connectivity index is 1.68. The number of hydrogen-bond donors (Lipinski definition) is 2. The van der Waals surface area contributed by atoms with Gasteiger partial charge in [-0.25, -0.2) is 0 Å². The van der Waals surface area contributed by atoms with Crippen LogP contribution < -0.4 is 5.32 Å². The highest BCUT2D eigenvalue weighted by Crippen LogP contribution is 2.13. The van der Waals surface area contributed by atoms with Crippen molar-refractivity contribution in [1.82, 2.24) is 15.5 Å². The third-order valence-corrected chi connectivity index (χ3v) is 3.94. The van der Waals surface area contributed by atoms with Gasteiger partial charge in [0, 0.05) is 17.0 Å². The van der Waals surface area contributed by atoms with Crippen LogP contribution in [0.1, 0.15) is 22.8 Å². The van der Waals surface area contributed by atoms with Crippen LogP contribution in [0.4, 0.5) is 0 Å². The van der Waals surface area contributed by atoms with Gasteiger partial charge in [-0.3, -0.25) is 9.89 Å². The van der Waals surface area contributed by atoms with Crippen LogP contribution in [0.25, 0.3) is 10.9 Å². The minimum atomic E-state index is -0.0516. The van der Waals surface area contributed by atoms with Gasteiger partial charge in [-0.15, -0.1) is 0 Å². The smallest absolute Gasteiger partial charge is 0.251 e. The average molecular weight is 285 g/mol. The molecule has 3 aromatic rings. The number of nitrogens with one attached hydrogen (secondary N) is 2. The maximum Gasteiger partial charge on any atom is 0.251 e. The topological polar surface area (TPSA) is 57.8 Å². The number of hydrogen-bond acceptors (Lipinski definition) is 3. The fourth-order valence-electron chi connectivity index (χ4n) is 2.20. The third-order valence-electron chi connectivity index (χ3n) is 3.20. The Hall–Kier alpha value is -2.14. The van der Waals surface area contributed by atoms with Crippen molar-refractivity contribution in [3.63, 3.8) is 0 Å². The Morgan fingerprint density at radius 1 is 1.45 bits per heavy atom. The van der Waals surface area contributed by atoms with Crippen molar-refractivity contribution in [2.24, 2.45) is 0 Å². The van der Waals surface area contributed by atoms with Crippen LogP contribution in [0.2, 0.25) is 0 Å². The predicted molar refractivity (Wildman–Crippen MR) is 81.0 cm³/mol. The van der Waals surface area contributed by atoms with Crippen LogP contribution in [-0.2, 0) is 6.42 Å². The summed E-state index contributed by atoms with van der Waals surface area (Å²) in [6, 6.07) is 7.75. The summed E-state index contributed by atoms with van der Waals surface area (Å²) in [5, 5.41) is 15.0. The van der Waals surface area contributed by atoms with Crippen molar-refractivity contribution in [3.05, 3.63) is 52.3 Å². The maximum atomic E-state index is 12.2. The number of nitrogens with zero attached hydrogens (tertiary/aromatic N) is 1. The molecule has 0 bridgehead atoms. The fourth-order valence-corrected chi connectivity index (χ4v) is 2.88. The summed E-state index contributed by atoms with van der Waals surface area (Å²) < 4.78 is 0. The highest BCUT2D eigenvalue weighted by atomic mass is 32.1.